The van der Waals surface area contributed by atoms with Crippen molar-refractivity contribution in [3.05, 3.63) is 54.6 Å². The van der Waals surface area contributed by atoms with Crippen molar-refractivity contribution < 1.29 is 14.3 Å². The van der Waals surface area contributed by atoms with Gasteiger partial charge in [-0.2, -0.15) is 0 Å². The van der Waals surface area contributed by atoms with E-state index in [2.05, 4.69) is 16.0 Å². The molecular weight excluding hydrogens is 294 g/mol. The second-order valence-electron chi connectivity index (χ2n) is 4.74. The number of carbonyl (C=O) groups is 2. The van der Waals surface area contributed by atoms with Crippen LogP contribution in [0, 0.1) is 0 Å². The minimum absolute atomic E-state index is 0.155. The predicted octanol–water partition coefficient (Wildman–Crippen LogP) is 2.85. The maximum atomic E-state index is 11.9. The third-order valence-corrected chi connectivity index (χ3v) is 2.97. The van der Waals surface area contributed by atoms with Crippen molar-refractivity contribution >= 4 is 23.3 Å². The van der Waals surface area contributed by atoms with Crippen LogP contribution >= 0.6 is 0 Å². The number of anilines is 2. The Bertz CT molecular complexity index is 659. The van der Waals surface area contributed by atoms with Crippen molar-refractivity contribution in [1.82, 2.24) is 5.32 Å². The van der Waals surface area contributed by atoms with Crippen molar-refractivity contribution in [3.63, 3.8) is 0 Å². The van der Waals surface area contributed by atoms with Crippen molar-refractivity contribution in [1.29, 1.82) is 0 Å². The third-order valence-electron chi connectivity index (χ3n) is 2.97. The summed E-state index contributed by atoms with van der Waals surface area (Å²) in [6.45, 7) is 0.298. The van der Waals surface area contributed by atoms with E-state index in [0.717, 1.165) is 5.75 Å². The van der Waals surface area contributed by atoms with E-state index in [0.29, 0.717) is 18.0 Å². The quantitative estimate of drug-likeness (QED) is 0.767. The lowest BCUT2D eigenvalue weighted by molar-refractivity contribution is -0.116. The topological polar surface area (TPSA) is 79.5 Å². The molecule has 0 heterocycles. The summed E-state index contributed by atoms with van der Waals surface area (Å²) in [6.07, 6.45) is 0.238. The monoisotopic (exact) mass is 313 g/mol. The summed E-state index contributed by atoms with van der Waals surface area (Å²) in [5.41, 5.74) is 1.21. The van der Waals surface area contributed by atoms with Gasteiger partial charge in [0.25, 0.3) is 0 Å². The molecule has 0 aromatic heterocycles. The summed E-state index contributed by atoms with van der Waals surface area (Å²) in [5, 5.41) is 7.88. The molecule has 2 rings (SSSR count). The van der Waals surface area contributed by atoms with Crippen LogP contribution in [0.15, 0.2) is 54.6 Å². The molecule has 23 heavy (non-hydrogen) atoms. The zero-order chi connectivity index (χ0) is 16.5. The Morgan fingerprint density at radius 2 is 1.65 bits per heavy atom. The Morgan fingerprint density at radius 3 is 2.35 bits per heavy atom. The third kappa shape index (κ3) is 5.70. The van der Waals surface area contributed by atoms with Gasteiger partial charge in [0.15, 0.2) is 0 Å². The number of nitrogens with one attached hydrogen (secondary N) is 3. The van der Waals surface area contributed by atoms with E-state index in [-0.39, 0.29) is 18.4 Å². The molecule has 0 aliphatic carbocycles. The Hall–Kier alpha value is -3.02. The minimum Gasteiger partial charge on any atom is -0.493 e. The maximum absolute atomic E-state index is 11.9. The number of amides is 3. The molecule has 120 valence electrons. The standard InChI is InChI=1S/C17H19N3O3/c1-18-17(22)20-14-7-5-6-13(12-14)19-16(21)10-11-23-15-8-3-2-4-9-15/h2-9,12H,10-11H2,1H3,(H,19,21)(H2,18,20,22). The maximum Gasteiger partial charge on any atom is 0.318 e. The molecule has 3 amide bonds. The van der Waals surface area contributed by atoms with E-state index >= 15 is 0 Å². The van der Waals surface area contributed by atoms with Gasteiger partial charge in [0.05, 0.1) is 13.0 Å². The normalized spacial score (nSPS) is 9.78. The summed E-state index contributed by atoms with van der Waals surface area (Å²) in [4.78, 5) is 23.2. The first-order valence-electron chi connectivity index (χ1n) is 7.24. The van der Waals surface area contributed by atoms with Crippen LogP contribution in [0.25, 0.3) is 0 Å². The van der Waals surface area contributed by atoms with Crippen LogP contribution < -0.4 is 20.7 Å². The van der Waals surface area contributed by atoms with Crippen LogP contribution in [-0.2, 0) is 4.79 Å². The van der Waals surface area contributed by atoms with E-state index < -0.39 is 0 Å². The van der Waals surface area contributed by atoms with Gasteiger partial charge in [-0.05, 0) is 30.3 Å². The highest BCUT2D eigenvalue weighted by Gasteiger charge is 2.05. The van der Waals surface area contributed by atoms with Crippen LogP contribution in [-0.4, -0.2) is 25.6 Å². The zero-order valence-electron chi connectivity index (χ0n) is 12.8. The molecule has 0 radical (unpaired) electrons. The Balaban J connectivity index is 1.80. The van der Waals surface area contributed by atoms with Gasteiger partial charge in [-0.3, -0.25) is 4.79 Å². The summed E-state index contributed by atoms with van der Waals surface area (Å²) >= 11 is 0. The van der Waals surface area contributed by atoms with Gasteiger partial charge in [-0.25, -0.2) is 4.79 Å². The number of urea groups is 1. The molecule has 2 aromatic rings. The number of para-hydroxylation sites is 1. The van der Waals surface area contributed by atoms with Gasteiger partial charge in [-0.1, -0.05) is 24.3 Å². The molecule has 6 nitrogen and oxygen atoms in total. The average molecular weight is 313 g/mol. The fourth-order valence-corrected chi connectivity index (χ4v) is 1.87. The van der Waals surface area contributed by atoms with Crippen LogP contribution in [0.4, 0.5) is 16.2 Å². The molecule has 0 atom stereocenters. The summed E-state index contributed by atoms with van der Waals surface area (Å²) in [5.74, 6) is 0.579. The first kappa shape index (κ1) is 16.4. The molecular formula is C17H19N3O3. The average Bonchev–Trinajstić information content (AvgIpc) is 2.56. The molecule has 3 N–H and O–H groups in total. The summed E-state index contributed by atoms with van der Waals surface area (Å²) in [7, 11) is 1.54. The lowest BCUT2D eigenvalue weighted by atomic mass is 10.2. The molecule has 0 saturated carbocycles. The number of benzene rings is 2. The van der Waals surface area contributed by atoms with Gasteiger partial charge >= 0.3 is 6.03 Å². The van der Waals surface area contributed by atoms with E-state index in [1.54, 1.807) is 24.3 Å². The second-order valence-corrected chi connectivity index (χ2v) is 4.74. The van der Waals surface area contributed by atoms with Crippen LogP contribution in [0.1, 0.15) is 6.42 Å². The SMILES string of the molecule is CNC(=O)Nc1cccc(NC(=O)CCOc2ccccc2)c1. The molecule has 0 unspecified atom stereocenters. The lowest BCUT2D eigenvalue weighted by Crippen LogP contribution is -2.24. The highest BCUT2D eigenvalue weighted by molar-refractivity contribution is 5.93. The van der Waals surface area contributed by atoms with Crippen LogP contribution in [0.5, 0.6) is 5.75 Å². The van der Waals surface area contributed by atoms with Gasteiger partial charge in [0.1, 0.15) is 5.75 Å². The Labute approximate surface area is 134 Å². The largest absolute Gasteiger partial charge is 0.493 e. The number of ether oxygens (including phenoxy) is 1. The molecule has 2 aromatic carbocycles. The van der Waals surface area contributed by atoms with Gasteiger partial charge in [0, 0.05) is 18.4 Å². The first-order valence-corrected chi connectivity index (χ1v) is 7.24. The van der Waals surface area contributed by atoms with Crippen LogP contribution in [0.3, 0.4) is 0 Å². The Kier molecular flexibility index (Phi) is 5.99. The molecule has 0 aliphatic heterocycles. The van der Waals surface area contributed by atoms with Crippen molar-refractivity contribution in [2.45, 2.75) is 6.42 Å². The van der Waals surface area contributed by atoms with Gasteiger partial charge in [-0.15, -0.1) is 0 Å². The zero-order valence-corrected chi connectivity index (χ0v) is 12.8. The van der Waals surface area contributed by atoms with Crippen molar-refractivity contribution in [2.24, 2.45) is 0 Å². The Morgan fingerprint density at radius 1 is 0.957 bits per heavy atom. The minimum atomic E-state index is -0.315. The first-order chi connectivity index (χ1) is 11.2. The highest BCUT2D eigenvalue weighted by Crippen LogP contribution is 2.15. The van der Waals surface area contributed by atoms with Crippen molar-refractivity contribution in [2.75, 3.05) is 24.3 Å². The van der Waals surface area contributed by atoms with E-state index in [4.69, 9.17) is 4.74 Å². The van der Waals surface area contributed by atoms with E-state index in [1.165, 1.54) is 7.05 Å². The molecule has 0 bridgehead atoms. The fourth-order valence-electron chi connectivity index (χ4n) is 1.87. The van der Waals surface area contributed by atoms with Gasteiger partial charge < -0.3 is 20.7 Å². The second kappa shape index (κ2) is 8.43. The number of rotatable bonds is 6. The van der Waals surface area contributed by atoms with Gasteiger partial charge in [0.2, 0.25) is 5.91 Å². The smallest absolute Gasteiger partial charge is 0.318 e. The molecule has 0 saturated heterocycles. The van der Waals surface area contributed by atoms with E-state index in [9.17, 15) is 9.59 Å². The molecule has 6 heteroatoms. The highest BCUT2D eigenvalue weighted by atomic mass is 16.5. The van der Waals surface area contributed by atoms with Crippen LogP contribution in [0.2, 0.25) is 0 Å². The molecule has 0 aliphatic rings. The molecule has 0 spiro atoms. The number of carbonyl (C=O) groups excluding carboxylic acids is 2. The summed E-state index contributed by atoms with van der Waals surface area (Å²) in [6, 6.07) is 15.9. The number of hydrogen-bond donors (Lipinski definition) is 3. The predicted molar refractivity (Wildman–Crippen MR) is 89.7 cm³/mol. The number of hydrogen-bond acceptors (Lipinski definition) is 3. The van der Waals surface area contributed by atoms with Crippen molar-refractivity contribution in [3.8, 4) is 5.75 Å². The lowest BCUT2D eigenvalue weighted by Gasteiger charge is -2.09. The van der Waals surface area contributed by atoms with E-state index in [1.807, 2.05) is 30.3 Å². The summed E-state index contributed by atoms with van der Waals surface area (Å²) < 4.78 is 5.48. The molecule has 0 fully saturated rings. The fraction of sp³-hybridized carbons (Fsp3) is 0.176.